The van der Waals surface area contributed by atoms with E-state index < -0.39 is 23.5 Å². The summed E-state index contributed by atoms with van der Waals surface area (Å²) < 4.78 is 19.7. The van der Waals surface area contributed by atoms with Crippen LogP contribution < -0.4 is 0 Å². The molecule has 0 saturated heterocycles. The molecule has 0 radical (unpaired) electrons. The standard InChI is InChI=1S/C13H13FN2O4/c1-13(2,3)20-12(19)16-10-5-7(11(17)18)4-9(14)8(10)6-15-16/h4-6H,1-3H3,(H,17,18). The number of hydrogen-bond donors (Lipinski definition) is 1. The largest absolute Gasteiger partial charge is 0.478 e. The topological polar surface area (TPSA) is 81.4 Å². The highest BCUT2D eigenvalue weighted by molar-refractivity contribution is 5.95. The molecule has 6 nitrogen and oxygen atoms in total. The van der Waals surface area contributed by atoms with Crippen molar-refractivity contribution in [2.75, 3.05) is 0 Å². The van der Waals surface area contributed by atoms with Gasteiger partial charge < -0.3 is 9.84 Å². The van der Waals surface area contributed by atoms with Gasteiger partial charge in [-0.3, -0.25) is 0 Å². The fourth-order valence-corrected chi connectivity index (χ4v) is 1.66. The summed E-state index contributed by atoms with van der Waals surface area (Å²) >= 11 is 0. The highest BCUT2D eigenvalue weighted by Gasteiger charge is 2.22. The zero-order valence-corrected chi connectivity index (χ0v) is 11.2. The first-order valence-electron chi connectivity index (χ1n) is 5.83. The van der Waals surface area contributed by atoms with Gasteiger partial charge in [-0.25, -0.2) is 14.0 Å². The van der Waals surface area contributed by atoms with Crippen molar-refractivity contribution in [1.29, 1.82) is 0 Å². The molecular weight excluding hydrogens is 267 g/mol. The number of aromatic carboxylic acids is 1. The van der Waals surface area contributed by atoms with Crippen molar-refractivity contribution < 1.29 is 23.8 Å². The van der Waals surface area contributed by atoms with Crippen LogP contribution in [-0.4, -0.2) is 32.6 Å². The Morgan fingerprint density at radius 1 is 1.35 bits per heavy atom. The monoisotopic (exact) mass is 280 g/mol. The number of benzene rings is 1. The number of ether oxygens (including phenoxy) is 1. The third-order valence-corrected chi connectivity index (χ3v) is 2.45. The zero-order chi connectivity index (χ0) is 15.1. The highest BCUT2D eigenvalue weighted by atomic mass is 19.1. The fourth-order valence-electron chi connectivity index (χ4n) is 1.66. The van der Waals surface area contributed by atoms with Crippen molar-refractivity contribution in [3.8, 4) is 0 Å². The maximum Gasteiger partial charge on any atom is 0.435 e. The average Bonchev–Trinajstić information content (AvgIpc) is 2.70. The molecule has 0 bridgehead atoms. The van der Waals surface area contributed by atoms with E-state index in [9.17, 15) is 14.0 Å². The van der Waals surface area contributed by atoms with Gasteiger partial charge in [-0.1, -0.05) is 0 Å². The van der Waals surface area contributed by atoms with E-state index in [1.807, 2.05) is 0 Å². The molecule has 1 N–H and O–H groups in total. The van der Waals surface area contributed by atoms with Crippen LogP contribution in [0.3, 0.4) is 0 Å². The lowest BCUT2D eigenvalue weighted by atomic mass is 10.1. The van der Waals surface area contributed by atoms with E-state index in [0.717, 1.165) is 16.9 Å². The van der Waals surface area contributed by atoms with Crippen LogP contribution in [0.2, 0.25) is 0 Å². The number of halogens is 1. The summed E-state index contributed by atoms with van der Waals surface area (Å²) in [5.41, 5.74) is -0.949. The fraction of sp³-hybridized carbons (Fsp3) is 0.308. The molecule has 0 unspecified atom stereocenters. The van der Waals surface area contributed by atoms with Crippen molar-refractivity contribution in [2.45, 2.75) is 26.4 Å². The Kier molecular flexibility index (Phi) is 3.21. The number of fused-ring (bicyclic) bond motifs is 1. The number of carbonyl (C=O) groups excluding carboxylic acids is 1. The lowest BCUT2D eigenvalue weighted by molar-refractivity contribution is 0.0521. The number of carboxylic acid groups (broad SMARTS) is 1. The zero-order valence-electron chi connectivity index (χ0n) is 11.2. The van der Waals surface area contributed by atoms with E-state index in [2.05, 4.69) is 5.10 Å². The Hall–Kier alpha value is -2.44. The van der Waals surface area contributed by atoms with Crippen LogP contribution in [0, 0.1) is 5.82 Å². The number of aromatic nitrogens is 2. The molecule has 0 amide bonds. The van der Waals surface area contributed by atoms with Crippen LogP contribution in [-0.2, 0) is 4.74 Å². The van der Waals surface area contributed by atoms with Crippen LogP contribution in [0.1, 0.15) is 31.1 Å². The number of carboxylic acids is 1. The summed E-state index contributed by atoms with van der Waals surface area (Å²) in [5, 5.41) is 12.7. The summed E-state index contributed by atoms with van der Waals surface area (Å²) in [6.07, 6.45) is 0.356. The van der Waals surface area contributed by atoms with E-state index in [4.69, 9.17) is 9.84 Å². The van der Waals surface area contributed by atoms with Crippen LogP contribution >= 0.6 is 0 Å². The minimum Gasteiger partial charge on any atom is -0.478 e. The molecule has 20 heavy (non-hydrogen) atoms. The van der Waals surface area contributed by atoms with Gasteiger partial charge in [-0.2, -0.15) is 9.78 Å². The van der Waals surface area contributed by atoms with E-state index in [1.165, 1.54) is 6.07 Å². The molecule has 1 aromatic carbocycles. The molecule has 0 aliphatic rings. The maximum atomic E-state index is 13.8. The molecule has 0 aliphatic heterocycles. The Balaban J connectivity index is 2.55. The number of carbonyl (C=O) groups is 2. The second kappa shape index (κ2) is 4.59. The van der Waals surface area contributed by atoms with Gasteiger partial charge in [-0.15, -0.1) is 0 Å². The van der Waals surface area contributed by atoms with Gasteiger partial charge in [-0.05, 0) is 32.9 Å². The van der Waals surface area contributed by atoms with Gasteiger partial charge >= 0.3 is 12.1 Å². The number of rotatable bonds is 1. The predicted octanol–water partition coefficient (Wildman–Crippen LogP) is 2.66. The summed E-state index contributed by atoms with van der Waals surface area (Å²) in [5.74, 6) is -2.04. The molecule has 1 aromatic heterocycles. The molecule has 2 rings (SSSR count). The molecule has 0 spiro atoms. The van der Waals surface area contributed by atoms with E-state index >= 15 is 0 Å². The first-order valence-corrected chi connectivity index (χ1v) is 5.83. The molecule has 7 heteroatoms. The summed E-state index contributed by atoms with van der Waals surface area (Å²) in [7, 11) is 0. The van der Waals surface area contributed by atoms with Crippen molar-refractivity contribution in [3.05, 3.63) is 29.7 Å². The van der Waals surface area contributed by atoms with E-state index in [1.54, 1.807) is 20.8 Å². The third kappa shape index (κ3) is 2.61. The molecular formula is C13H13FN2O4. The van der Waals surface area contributed by atoms with Crippen LogP contribution in [0.4, 0.5) is 9.18 Å². The quantitative estimate of drug-likeness (QED) is 0.868. The SMILES string of the molecule is CC(C)(C)OC(=O)n1ncc2c(F)cc(C(=O)O)cc21. The first kappa shape index (κ1) is 14.0. The number of nitrogens with zero attached hydrogens (tertiary/aromatic N) is 2. The average molecular weight is 280 g/mol. The smallest absolute Gasteiger partial charge is 0.435 e. The van der Waals surface area contributed by atoms with Crippen LogP contribution in [0.15, 0.2) is 18.3 Å². The Labute approximate surface area is 113 Å². The molecule has 1 heterocycles. The Morgan fingerprint density at radius 2 is 2.00 bits per heavy atom. The van der Waals surface area contributed by atoms with Gasteiger partial charge in [0.05, 0.1) is 22.7 Å². The van der Waals surface area contributed by atoms with Gasteiger partial charge in [0.2, 0.25) is 0 Å². The maximum absolute atomic E-state index is 13.8. The molecule has 2 aromatic rings. The lowest BCUT2D eigenvalue weighted by Crippen LogP contribution is -2.27. The van der Waals surface area contributed by atoms with Gasteiger partial charge in [0.15, 0.2) is 0 Å². The van der Waals surface area contributed by atoms with E-state index in [-0.39, 0.29) is 16.5 Å². The first-order chi connectivity index (χ1) is 9.19. The second-order valence-electron chi connectivity index (χ2n) is 5.23. The van der Waals surface area contributed by atoms with Crippen LogP contribution in [0.25, 0.3) is 10.9 Å². The summed E-state index contributed by atoms with van der Waals surface area (Å²) in [4.78, 5) is 22.9. The molecule has 0 aliphatic carbocycles. The molecule has 106 valence electrons. The Bertz CT molecular complexity index is 700. The number of hydrogen-bond acceptors (Lipinski definition) is 4. The lowest BCUT2D eigenvalue weighted by Gasteiger charge is -2.19. The van der Waals surface area contributed by atoms with Gasteiger partial charge in [0, 0.05) is 0 Å². The summed E-state index contributed by atoms with van der Waals surface area (Å²) in [6.45, 7) is 5.04. The summed E-state index contributed by atoms with van der Waals surface area (Å²) in [6, 6.07) is 2.06. The molecule has 0 atom stereocenters. The van der Waals surface area contributed by atoms with Gasteiger partial charge in [0.25, 0.3) is 0 Å². The van der Waals surface area contributed by atoms with Crippen molar-refractivity contribution in [2.24, 2.45) is 0 Å². The van der Waals surface area contributed by atoms with E-state index in [0.29, 0.717) is 0 Å². The van der Waals surface area contributed by atoms with Crippen LogP contribution in [0.5, 0.6) is 0 Å². The van der Waals surface area contributed by atoms with Crippen molar-refractivity contribution in [1.82, 2.24) is 9.78 Å². The third-order valence-electron chi connectivity index (χ3n) is 2.45. The van der Waals surface area contributed by atoms with Crippen molar-refractivity contribution >= 4 is 23.0 Å². The Morgan fingerprint density at radius 3 is 2.55 bits per heavy atom. The molecule has 0 fully saturated rings. The highest BCUT2D eigenvalue weighted by Crippen LogP contribution is 2.21. The predicted molar refractivity (Wildman–Crippen MR) is 68.3 cm³/mol. The van der Waals surface area contributed by atoms with Crippen molar-refractivity contribution in [3.63, 3.8) is 0 Å². The minimum absolute atomic E-state index is 0.0525. The molecule has 0 saturated carbocycles. The van der Waals surface area contributed by atoms with Gasteiger partial charge in [0.1, 0.15) is 11.4 Å². The normalized spacial score (nSPS) is 11.6. The minimum atomic E-state index is -1.29. The second-order valence-corrected chi connectivity index (χ2v) is 5.23.